The van der Waals surface area contributed by atoms with Crippen molar-refractivity contribution >= 4 is 0 Å². The highest BCUT2D eigenvalue weighted by atomic mass is 16.3. The van der Waals surface area contributed by atoms with Crippen molar-refractivity contribution < 1.29 is 5.11 Å². The summed E-state index contributed by atoms with van der Waals surface area (Å²) in [4.78, 5) is 0. The van der Waals surface area contributed by atoms with E-state index in [0.29, 0.717) is 12.6 Å². The van der Waals surface area contributed by atoms with Crippen LogP contribution in [0.25, 0.3) is 0 Å². The molecule has 2 N–H and O–H groups in total. The molecule has 2 nitrogen and oxygen atoms in total. The highest BCUT2D eigenvalue weighted by molar-refractivity contribution is 4.81. The van der Waals surface area contributed by atoms with Crippen molar-refractivity contribution in [3.63, 3.8) is 0 Å². The van der Waals surface area contributed by atoms with E-state index in [-0.39, 0.29) is 5.41 Å². The SMILES string of the molecule is CCC1CCC(NCC(C)(CC)CO)CC1. The molecular formula is C14H29NO. The van der Waals surface area contributed by atoms with Crippen LogP contribution in [0.2, 0.25) is 0 Å². The lowest BCUT2D eigenvalue weighted by atomic mass is 9.83. The molecule has 1 aliphatic carbocycles. The summed E-state index contributed by atoms with van der Waals surface area (Å²) in [5.41, 5.74) is 0.0710. The van der Waals surface area contributed by atoms with Crippen molar-refractivity contribution in [2.75, 3.05) is 13.2 Å². The van der Waals surface area contributed by atoms with Gasteiger partial charge in [-0.2, -0.15) is 0 Å². The van der Waals surface area contributed by atoms with Gasteiger partial charge in [-0.1, -0.05) is 27.2 Å². The summed E-state index contributed by atoms with van der Waals surface area (Å²) in [6, 6.07) is 0.695. The molecule has 0 heterocycles. The summed E-state index contributed by atoms with van der Waals surface area (Å²) >= 11 is 0. The van der Waals surface area contributed by atoms with Crippen molar-refractivity contribution in [2.45, 2.75) is 65.3 Å². The van der Waals surface area contributed by atoms with Crippen LogP contribution >= 0.6 is 0 Å². The lowest BCUT2D eigenvalue weighted by Gasteiger charge is -2.33. The summed E-state index contributed by atoms with van der Waals surface area (Å²) in [5, 5.41) is 13.0. The fourth-order valence-electron chi connectivity index (χ4n) is 2.46. The molecule has 0 radical (unpaired) electrons. The largest absolute Gasteiger partial charge is 0.396 e. The third-order valence-corrected chi connectivity index (χ3v) is 4.48. The van der Waals surface area contributed by atoms with Gasteiger partial charge in [-0.05, 0) is 38.0 Å². The van der Waals surface area contributed by atoms with Gasteiger partial charge in [0.1, 0.15) is 0 Å². The zero-order valence-corrected chi connectivity index (χ0v) is 11.3. The average molecular weight is 227 g/mol. The van der Waals surface area contributed by atoms with Gasteiger partial charge in [-0.25, -0.2) is 0 Å². The lowest BCUT2D eigenvalue weighted by Crippen LogP contribution is -2.41. The molecule has 1 aliphatic rings. The summed E-state index contributed by atoms with van der Waals surface area (Å²) in [6.07, 6.45) is 7.80. The minimum atomic E-state index is 0.0710. The fourth-order valence-corrected chi connectivity index (χ4v) is 2.46. The molecule has 1 unspecified atom stereocenters. The van der Waals surface area contributed by atoms with Crippen molar-refractivity contribution in [1.29, 1.82) is 0 Å². The number of hydrogen-bond donors (Lipinski definition) is 2. The molecule has 96 valence electrons. The molecule has 0 aliphatic heterocycles. The molecule has 1 fully saturated rings. The van der Waals surface area contributed by atoms with E-state index >= 15 is 0 Å². The molecule has 1 atom stereocenters. The van der Waals surface area contributed by atoms with E-state index in [0.717, 1.165) is 18.9 Å². The van der Waals surface area contributed by atoms with Gasteiger partial charge in [0.2, 0.25) is 0 Å². The molecule has 16 heavy (non-hydrogen) atoms. The number of rotatable bonds is 6. The van der Waals surface area contributed by atoms with Crippen molar-refractivity contribution in [3.05, 3.63) is 0 Å². The Kier molecular flexibility index (Phi) is 5.77. The van der Waals surface area contributed by atoms with Crippen LogP contribution in [0.5, 0.6) is 0 Å². The Labute approximate surface area is 101 Å². The van der Waals surface area contributed by atoms with Gasteiger partial charge in [0.05, 0.1) is 0 Å². The summed E-state index contributed by atoms with van der Waals surface area (Å²) in [5.74, 6) is 0.966. The normalized spacial score (nSPS) is 30.0. The molecular weight excluding hydrogens is 198 g/mol. The third-order valence-electron chi connectivity index (χ3n) is 4.48. The van der Waals surface area contributed by atoms with Gasteiger partial charge in [0, 0.05) is 24.6 Å². The van der Waals surface area contributed by atoms with Crippen LogP contribution in [0, 0.1) is 11.3 Å². The van der Waals surface area contributed by atoms with Gasteiger partial charge in [0.15, 0.2) is 0 Å². The Bertz CT molecular complexity index is 181. The van der Waals surface area contributed by atoms with Crippen LogP contribution in [-0.2, 0) is 0 Å². The maximum atomic E-state index is 9.35. The van der Waals surface area contributed by atoms with Crippen LogP contribution in [0.1, 0.15) is 59.3 Å². The summed E-state index contributed by atoms with van der Waals surface area (Å²) in [7, 11) is 0. The van der Waals surface area contributed by atoms with Crippen LogP contribution < -0.4 is 5.32 Å². The van der Waals surface area contributed by atoms with Crippen LogP contribution in [-0.4, -0.2) is 24.3 Å². The van der Waals surface area contributed by atoms with E-state index in [2.05, 4.69) is 26.1 Å². The lowest BCUT2D eigenvalue weighted by molar-refractivity contribution is 0.127. The monoisotopic (exact) mass is 227 g/mol. The molecule has 0 aromatic carbocycles. The minimum Gasteiger partial charge on any atom is -0.396 e. The van der Waals surface area contributed by atoms with Crippen molar-refractivity contribution in [2.24, 2.45) is 11.3 Å². The number of aliphatic hydroxyl groups excluding tert-OH is 1. The van der Waals surface area contributed by atoms with E-state index in [4.69, 9.17) is 0 Å². The Balaban J connectivity index is 2.24. The summed E-state index contributed by atoms with van der Waals surface area (Å²) < 4.78 is 0. The van der Waals surface area contributed by atoms with E-state index < -0.39 is 0 Å². The maximum Gasteiger partial charge on any atom is 0.0496 e. The molecule has 0 spiro atoms. The van der Waals surface area contributed by atoms with E-state index in [1.807, 2.05) is 0 Å². The van der Waals surface area contributed by atoms with Crippen molar-refractivity contribution in [3.8, 4) is 0 Å². The number of aliphatic hydroxyl groups is 1. The van der Waals surface area contributed by atoms with Gasteiger partial charge in [-0.15, -0.1) is 0 Å². The average Bonchev–Trinajstić information content (AvgIpc) is 2.36. The van der Waals surface area contributed by atoms with Gasteiger partial charge in [0.25, 0.3) is 0 Å². The van der Waals surface area contributed by atoms with Crippen LogP contribution in [0.3, 0.4) is 0 Å². The summed E-state index contributed by atoms with van der Waals surface area (Å²) in [6.45, 7) is 7.88. The van der Waals surface area contributed by atoms with Crippen molar-refractivity contribution in [1.82, 2.24) is 5.32 Å². The Morgan fingerprint density at radius 1 is 1.19 bits per heavy atom. The standard InChI is InChI=1S/C14H29NO/c1-4-12-6-8-13(9-7-12)15-10-14(3,5-2)11-16/h12-13,15-16H,4-11H2,1-3H3. The van der Waals surface area contributed by atoms with E-state index in [1.54, 1.807) is 0 Å². The molecule has 1 rings (SSSR count). The highest BCUT2D eigenvalue weighted by Crippen LogP contribution is 2.27. The highest BCUT2D eigenvalue weighted by Gasteiger charge is 2.24. The van der Waals surface area contributed by atoms with E-state index in [9.17, 15) is 5.11 Å². The fraction of sp³-hybridized carbons (Fsp3) is 1.00. The van der Waals surface area contributed by atoms with Gasteiger partial charge >= 0.3 is 0 Å². The number of hydrogen-bond acceptors (Lipinski definition) is 2. The molecule has 0 amide bonds. The van der Waals surface area contributed by atoms with Gasteiger partial charge in [-0.3, -0.25) is 0 Å². The molecule has 2 heteroatoms. The predicted octanol–water partition coefficient (Wildman–Crippen LogP) is 2.95. The topological polar surface area (TPSA) is 32.3 Å². The second-order valence-corrected chi connectivity index (χ2v) is 5.83. The Hall–Kier alpha value is -0.0800. The molecule has 0 saturated heterocycles. The Morgan fingerprint density at radius 2 is 1.81 bits per heavy atom. The molecule has 0 aromatic rings. The van der Waals surface area contributed by atoms with Crippen LogP contribution in [0.15, 0.2) is 0 Å². The predicted molar refractivity (Wildman–Crippen MR) is 69.5 cm³/mol. The molecule has 1 saturated carbocycles. The first-order valence-electron chi connectivity index (χ1n) is 6.97. The second-order valence-electron chi connectivity index (χ2n) is 5.83. The van der Waals surface area contributed by atoms with Crippen LogP contribution in [0.4, 0.5) is 0 Å². The third kappa shape index (κ3) is 4.06. The number of nitrogens with one attached hydrogen (secondary N) is 1. The van der Waals surface area contributed by atoms with Gasteiger partial charge < -0.3 is 10.4 Å². The maximum absolute atomic E-state index is 9.35. The first-order chi connectivity index (χ1) is 7.63. The minimum absolute atomic E-state index is 0.0710. The Morgan fingerprint density at radius 3 is 2.25 bits per heavy atom. The molecule has 0 bridgehead atoms. The molecule has 0 aromatic heterocycles. The smallest absolute Gasteiger partial charge is 0.0496 e. The zero-order valence-electron chi connectivity index (χ0n) is 11.3. The second kappa shape index (κ2) is 6.61. The quantitative estimate of drug-likeness (QED) is 0.731. The first kappa shape index (κ1) is 14.0. The van der Waals surface area contributed by atoms with E-state index in [1.165, 1.54) is 32.1 Å². The first-order valence-corrected chi connectivity index (χ1v) is 6.97. The zero-order chi connectivity index (χ0) is 12.0.